The number of carbonyl (C=O) groups is 1. The maximum absolute atomic E-state index is 11.9. The zero-order chi connectivity index (χ0) is 16.4. The minimum absolute atomic E-state index is 0.278. The number of carbonyl (C=O) groups excluding carboxylic acids is 1. The van der Waals surface area contributed by atoms with E-state index in [4.69, 9.17) is 4.74 Å². The molecular weight excluding hydrogens is 294 g/mol. The van der Waals surface area contributed by atoms with Gasteiger partial charge in [-0.05, 0) is 24.6 Å². The van der Waals surface area contributed by atoms with Gasteiger partial charge in [0.1, 0.15) is 17.7 Å². The lowest BCUT2D eigenvalue weighted by Crippen LogP contribution is -2.33. The van der Waals surface area contributed by atoms with Crippen LogP contribution in [0.5, 0.6) is 5.75 Å². The molecule has 2 aromatic rings. The summed E-state index contributed by atoms with van der Waals surface area (Å²) in [5.41, 5.74) is 2.90. The Morgan fingerprint density at radius 1 is 1.35 bits per heavy atom. The van der Waals surface area contributed by atoms with Crippen LogP contribution in [0.2, 0.25) is 0 Å². The van der Waals surface area contributed by atoms with Gasteiger partial charge in [-0.1, -0.05) is 12.1 Å². The lowest BCUT2D eigenvalue weighted by Gasteiger charge is -2.16. The van der Waals surface area contributed by atoms with E-state index >= 15 is 0 Å². The molecule has 1 atom stereocenters. The standard InChI is InChI=1S/C17H19N3O3/c1-11(21)17(22)20-9-13-8-18-16(19-15(13)10-20)7-12-3-5-14(23-2)6-4-12/h3-6,8,11,21H,7,9-10H2,1-2H3/t11-/m0/s1. The Balaban J connectivity index is 1.73. The van der Waals surface area contributed by atoms with Crippen LogP contribution >= 0.6 is 0 Å². The molecule has 1 aliphatic rings. The van der Waals surface area contributed by atoms with E-state index in [0.29, 0.717) is 19.5 Å². The maximum Gasteiger partial charge on any atom is 0.251 e. The average Bonchev–Trinajstić information content (AvgIpc) is 2.98. The third-order valence-corrected chi connectivity index (χ3v) is 3.90. The first-order valence-electron chi connectivity index (χ1n) is 7.50. The van der Waals surface area contributed by atoms with Gasteiger partial charge in [0.2, 0.25) is 0 Å². The van der Waals surface area contributed by atoms with Gasteiger partial charge in [-0.15, -0.1) is 0 Å². The number of fused-ring (bicyclic) bond motifs is 1. The molecule has 120 valence electrons. The summed E-state index contributed by atoms with van der Waals surface area (Å²) in [4.78, 5) is 22.4. The number of benzene rings is 1. The molecule has 1 amide bonds. The van der Waals surface area contributed by atoms with E-state index in [2.05, 4.69) is 9.97 Å². The average molecular weight is 313 g/mol. The first kappa shape index (κ1) is 15.4. The Bertz CT molecular complexity index is 714. The number of aliphatic hydroxyl groups excluding tert-OH is 1. The molecule has 0 radical (unpaired) electrons. The molecular formula is C17H19N3O3. The first-order chi connectivity index (χ1) is 11.1. The van der Waals surface area contributed by atoms with Crippen molar-refractivity contribution in [2.24, 2.45) is 0 Å². The Morgan fingerprint density at radius 2 is 2.09 bits per heavy atom. The maximum atomic E-state index is 11.9. The van der Waals surface area contributed by atoms with E-state index < -0.39 is 6.10 Å². The number of rotatable bonds is 4. The number of hydrogen-bond donors (Lipinski definition) is 1. The zero-order valence-corrected chi connectivity index (χ0v) is 13.2. The molecule has 0 fully saturated rings. The Labute approximate surface area is 134 Å². The molecule has 1 aromatic heterocycles. The normalized spacial score (nSPS) is 14.5. The lowest BCUT2D eigenvalue weighted by atomic mass is 10.1. The summed E-state index contributed by atoms with van der Waals surface area (Å²) in [6, 6.07) is 7.79. The van der Waals surface area contributed by atoms with Gasteiger partial charge in [0, 0.05) is 24.7 Å². The van der Waals surface area contributed by atoms with Crippen LogP contribution in [0.3, 0.4) is 0 Å². The molecule has 2 heterocycles. The third-order valence-electron chi connectivity index (χ3n) is 3.90. The van der Waals surface area contributed by atoms with Gasteiger partial charge in [0.15, 0.2) is 0 Å². The summed E-state index contributed by atoms with van der Waals surface area (Å²) in [5, 5.41) is 9.42. The van der Waals surface area contributed by atoms with E-state index in [1.165, 1.54) is 6.92 Å². The smallest absolute Gasteiger partial charge is 0.251 e. The molecule has 0 saturated carbocycles. The Morgan fingerprint density at radius 3 is 2.74 bits per heavy atom. The number of ether oxygens (including phenoxy) is 1. The number of aliphatic hydroxyl groups is 1. The zero-order valence-electron chi connectivity index (χ0n) is 13.2. The second kappa shape index (κ2) is 6.34. The van der Waals surface area contributed by atoms with Crippen molar-refractivity contribution in [2.75, 3.05) is 7.11 Å². The predicted octanol–water partition coefficient (Wildman–Crippen LogP) is 1.30. The van der Waals surface area contributed by atoms with E-state index in [1.807, 2.05) is 24.3 Å². The lowest BCUT2D eigenvalue weighted by molar-refractivity contribution is -0.139. The Hall–Kier alpha value is -2.47. The number of nitrogens with zero attached hydrogens (tertiary/aromatic N) is 3. The second-order valence-electron chi connectivity index (χ2n) is 5.65. The van der Waals surface area contributed by atoms with Crippen LogP contribution in [-0.4, -0.2) is 39.1 Å². The van der Waals surface area contributed by atoms with Gasteiger partial charge >= 0.3 is 0 Å². The van der Waals surface area contributed by atoms with Gasteiger partial charge in [0.25, 0.3) is 5.91 Å². The van der Waals surface area contributed by atoms with Gasteiger partial charge in [0.05, 0.1) is 19.3 Å². The third kappa shape index (κ3) is 3.32. The SMILES string of the molecule is COc1ccc(Cc2ncc3c(n2)CN(C(=O)[C@H](C)O)C3)cc1. The first-order valence-corrected chi connectivity index (χ1v) is 7.50. The fraction of sp³-hybridized carbons (Fsp3) is 0.353. The number of aromatic nitrogens is 2. The highest BCUT2D eigenvalue weighted by Crippen LogP contribution is 2.22. The summed E-state index contributed by atoms with van der Waals surface area (Å²) in [6.45, 7) is 2.37. The monoisotopic (exact) mass is 313 g/mol. The highest BCUT2D eigenvalue weighted by molar-refractivity contribution is 5.80. The summed E-state index contributed by atoms with van der Waals surface area (Å²) < 4.78 is 5.14. The topological polar surface area (TPSA) is 75.6 Å². The molecule has 1 aromatic carbocycles. The quantitative estimate of drug-likeness (QED) is 0.921. The molecule has 0 spiro atoms. The Kier molecular flexibility index (Phi) is 4.25. The van der Waals surface area contributed by atoms with Crippen LogP contribution < -0.4 is 4.74 Å². The van der Waals surface area contributed by atoms with Crippen molar-refractivity contribution in [1.82, 2.24) is 14.9 Å². The predicted molar refractivity (Wildman–Crippen MR) is 83.8 cm³/mol. The molecule has 6 heteroatoms. The van der Waals surface area contributed by atoms with Gasteiger partial charge in [-0.2, -0.15) is 0 Å². The van der Waals surface area contributed by atoms with Crippen molar-refractivity contribution in [3.63, 3.8) is 0 Å². The van der Waals surface area contributed by atoms with Crippen molar-refractivity contribution in [3.8, 4) is 5.75 Å². The molecule has 0 bridgehead atoms. The molecule has 23 heavy (non-hydrogen) atoms. The van der Waals surface area contributed by atoms with Crippen molar-refractivity contribution in [2.45, 2.75) is 32.5 Å². The molecule has 0 saturated heterocycles. The van der Waals surface area contributed by atoms with Crippen molar-refractivity contribution < 1.29 is 14.6 Å². The summed E-state index contributed by atoms with van der Waals surface area (Å²) in [6.07, 6.45) is 1.41. The molecule has 3 rings (SSSR count). The van der Waals surface area contributed by atoms with E-state index in [0.717, 1.165) is 28.4 Å². The number of hydrogen-bond acceptors (Lipinski definition) is 5. The second-order valence-corrected chi connectivity index (χ2v) is 5.65. The fourth-order valence-corrected chi connectivity index (χ4v) is 2.63. The van der Waals surface area contributed by atoms with Crippen LogP contribution in [0.25, 0.3) is 0 Å². The molecule has 6 nitrogen and oxygen atoms in total. The number of methoxy groups -OCH3 is 1. The molecule has 1 aliphatic heterocycles. The van der Waals surface area contributed by atoms with Crippen LogP contribution in [0.1, 0.15) is 29.6 Å². The minimum Gasteiger partial charge on any atom is -0.497 e. The molecule has 1 N–H and O–H groups in total. The highest BCUT2D eigenvalue weighted by atomic mass is 16.5. The van der Waals surface area contributed by atoms with E-state index in [9.17, 15) is 9.90 Å². The van der Waals surface area contributed by atoms with Crippen molar-refractivity contribution in [3.05, 3.63) is 53.1 Å². The van der Waals surface area contributed by atoms with Crippen LogP contribution in [0, 0.1) is 0 Å². The van der Waals surface area contributed by atoms with Crippen molar-refractivity contribution in [1.29, 1.82) is 0 Å². The summed E-state index contributed by atoms with van der Waals surface area (Å²) in [7, 11) is 1.64. The summed E-state index contributed by atoms with van der Waals surface area (Å²) >= 11 is 0. The van der Waals surface area contributed by atoms with Crippen LogP contribution in [0.4, 0.5) is 0 Å². The molecule has 0 unspecified atom stereocenters. The van der Waals surface area contributed by atoms with Gasteiger partial charge in [-0.3, -0.25) is 4.79 Å². The fourth-order valence-electron chi connectivity index (χ4n) is 2.63. The largest absolute Gasteiger partial charge is 0.497 e. The minimum atomic E-state index is -0.990. The van der Waals surface area contributed by atoms with Gasteiger partial charge in [-0.25, -0.2) is 9.97 Å². The summed E-state index contributed by atoms with van der Waals surface area (Å²) in [5.74, 6) is 1.26. The number of amides is 1. The highest BCUT2D eigenvalue weighted by Gasteiger charge is 2.27. The van der Waals surface area contributed by atoms with Crippen molar-refractivity contribution >= 4 is 5.91 Å². The molecule has 0 aliphatic carbocycles. The van der Waals surface area contributed by atoms with E-state index in [1.54, 1.807) is 18.2 Å². The van der Waals surface area contributed by atoms with E-state index in [-0.39, 0.29) is 5.91 Å². The van der Waals surface area contributed by atoms with Gasteiger partial charge < -0.3 is 14.7 Å². The van der Waals surface area contributed by atoms with Crippen LogP contribution in [0.15, 0.2) is 30.5 Å². The van der Waals surface area contributed by atoms with Crippen LogP contribution in [-0.2, 0) is 24.3 Å².